The van der Waals surface area contributed by atoms with Crippen LogP contribution in [0.4, 0.5) is 15.3 Å². The molecule has 0 unspecified atom stereocenters. The number of rotatable bonds is 1. The van der Waals surface area contributed by atoms with Crippen LogP contribution in [0.5, 0.6) is 0 Å². The Kier molecular flexibility index (Phi) is 3.30. The number of carbonyl (C=O) groups excluding carboxylic acids is 2. The summed E-state index contributed by atoms with van der Waals surface area (Å²) in [6.07, 6.45) is 0. The SMILES string of the molecule is NC(=O)SC(=O)Nc1cccc2ccccc12. The molecular weight excluding hydrogens is 236 g/mol. The number of hydrogen-bond donors (Lipinski definition) is 2. The molecule has 0 atom stereocenters. The maximum Gasteiger partial charge on any atom is 0.292 e. The van der Waals surface area contributed by atoms with E-state index in [0.29, 0.717) is 17.4 Å². The number of benzene rings is 2. The molecule has 0 heterocycles. The van der Waals surface area contributed by atoms with Gasteiger partial charge in [-0.1, -0.05) is 36.4 Å². The number of nitrogens with two attached hydrogens (primary N) is 1. The Bertz CT molecular complexity index is 578. The zero-order valence-electron chi connectivity index (χ0n) is 8.84. The van der Waals surface area contributed by atoms with Gasteiger partial charge >= 0.3 is 0 Å². The molecule has 0 aliphatic heterocycles. The number of primary amides is 1. The first-order valence-electron chi connectivity index (χ1n) is 4.93. The van der Waals surface area contributed by atoms with Gasteiger partial charge in [-0.15, -0.1) is 0 Å². The fourth-order valence-corrected chi connectivity index (χ4v) is 1.90. The molecule has 0 fully saturated rings. The van der Waals surface area contributed by atoms with Gasteiger partial charge < -0.3 is 11.1 Å². The van der Waals surface area contributed by atoms with Gasteiger partial charge in [0.05, 0.1) is 0 Å². The van der Waals surface area contributed by atoms with Gasteiger partial charge in [-0.05, 0) is 11.5 Å². The third-order valence-corrected chi connectivity index (χ3v) is 2.71. The van der Waals surface area contributed by atoms with Crippen molar-refractivity contribution in [3.8, 4) is 0 Å². The molecule has 0 aromatic heterocycles. The van der Waals surface area contributed by atoms with Crippen LogP contribution < -0.4 is 11.1 Å². The van der Waals surface area contributed by atoms with Crippen LogP contribution in [-0.2, 0) is 0 Å². The molecule has 86 valence electrons. The number of thioether (sulfide) groups is 1. The summed E-state index contributed by atoms with van der Waals surface area (Å²) in [6, 6.07) is 13.2. The van der Waals surface area contributed by atoms with Crippen LogP contribution >= 0.6 is 11.8 Å². The highest BCUT2D eigenvalue weighted by molar-refractivity contribution is 8.26. The lowest BCUT2D eigenvalue weighted by Gasteiger charge is -2.06. The smallest absolute Gasteiger partial charge is 0.292 e. The molecule has 2 rings (SSSR count). The molecule has 2 amide bonds. The van der Waals surface area contributed by atoms with E-state index < -0.39 is 10.5 Å². The number of hydrogen-bond acceptors (Lipinski definition) is 3. The lowest BCUT2D eigenvalue weighted by Crippen LogP contribution is -2.12. The Morgan fingerprint density at radius 2 is 1.76 bits per heavy atom. The molecule has 3 N–H and O–H groups in total. The number of carbonyl (C=O) groups is 2. The van der Waals surface area contributed by atoms with Gasteiger partial charge in [0.25, 0.3) is 10.5 Å². The third-order valence-electron chi connectivity index (χ3n) is 2.22. The molecule has 0 spiro atoms. The van der Waals surface area contributed by atoms with E-state index in [1.807, 2.05) is 36.4 Å². The number of nitrogens with one attached hydrogen (secondary N) is 1. The van der Waals surface area contributed by atoms with Gasteiger partial charge in [0.1, 0.15) is 0 Å². The van der Waals surface area contributed by atoms with Gasteiger partial charge in [-0.25, -0.2) is 0 Å². The summed E-state index contributed by atoms with van der Waals surface area (Å²) >= 11 is 0.447. The summed E-state index contributed by atoms with van der Waals surface area (Å²) in [5.41, 5.74) is 5.59. The molecule has 2 aromatic rings. The summed E-state index contributed by atoms with van der Waals surface area (Å²) in [4.78, 5) is 22.0. The second-order valence-corrected chi connectivity index (χ2v) is 4.34. The molecule has 4 nitrogen and oxygen atoms in total. The summed E-state index contributed by atoms with van der Waals surface area (Å²) in [5, 5.41) is 3.39. The van der Waals surface area contributed by atoms with Crippen molar-refractivity contribution < 1.29 is 9.59 Å². The predicted molar refractivity (Wildman–Crippen MR) is 70.1 cm³/mol. The summed E-state index contributed by atoms with van der Waals surface area (Å²) in [5.74, 6) is 0. The van der Waals surface area contributed by atoms with Crippen LogP contribution in [-0.4, -0.2) is 10.5 Å². The van der Waals surface area contributed by atoms with Crippen molar-refractivity contribution in [2.45, 2.75) is 0 Å². The molecular formula is C12H10N2O2S. The zero-order valence-corrected chi connectivity index (χ0v) is 9.66. The van der Waals surface area contributed by atoms with Gasteiger partial charge in [-0.3, -0.25) is 9.59 Å². The standard InChI is InChI=1S/C12H10N2O2S/c13-11(15)17-12(16)14-10-7-3-5-8-4-1-2-6-9(8)10/h1-7H,(H2,13,15)(H,14,16). The van der Waals surface area contributed by atoms with Crippen LogP contribution in [0, 0.1) is 0 Å². The molecule has 5 heteroatoms. The summed E-state index contributed by atoms with van der Waals surface area (Å²) in [7, 11) is 0. The first-order chi connectivity index (χ1) is 8.16. The second-order valence-electron chi connectivity index (χ2n) is 3.36. The van der Waals surface area contributed by atoms with Crippen LogP contribution in [0.2, 0.25) is 0 Å². The fraction of sp³-hybridized carbons (Fsp3) is 0. The predicted octanol–water partition coefficient (Wildman–Crippen LogP) is 3.18. The van der Waals surface area contributed by atoms with Crippen LogP contribution in [0.1, 0.15) is 0 Å². The topological polar surface area (TPSA) is 72.2 Å². The molecule has 0 saturated carbocycles. The van der Waals surface area contributed by atoms with Crippen LogP contribution in [0.3, 0.4) is 0 Å². The Hall–Kier alpha value is -2.01. The van der Waals surface area contributed by atoms with E-state index in [4.69, 9.17) is 5.73 Å². The number of anilines is 1. The second kappa shape index (κ2) is 4.88. The Morgan fingerprint density at radius 3 is 2.53 bits per heavy atom. The van der Waals surface area contributed by atoms with Crippen molar-refractivity contribution in [2.75, 3.05) is 5.32 Å². The highest BCUT2D eigenvalue weighted by Crippen LogP contribution is 2.23. The average molecular weight is 246 g/mol. The number of fused-ring (bicyclic) bond motifs is 1. The van der Waals surface area contributed by atoms with Gasteiger partial charge in [0.15, 0.2) is 0 Å². The van der Waals surface area contributed by atoms with Crippen LogP contribution in [0.25, 0.3) is 10.8 Å². The van der Waals surface area contributed by atoms with Crippen molar-refractivity contribution in [1.29, 1.82) is 0 Å². The normalized spacial score (nSPS) is 10.1. The van der Waals surface area contributed by atoms with E-state index >= 15 is 0 Å². The molecule has 0 aliphatic rings. The molecule has 17 heavy (non-hydrogen) atoms. The third kappa shape index (κ3) is 2.76. The van der Waals surface area contributed by atoms with Crippen molar-refractivity contribution in [3.05, 3.63) is 42.5 Å². The molecule has 0 bridgehead atoms. The van der Waals surface area contributed by atoms with Crippen molar-refractivity contribution in [3.63, 3.8) is 0 Å². The molecule has 0 aliphatic carbocycles. The largest absolute Gasteiger partial charge is 0.360 e. The lowest BCUT2D eigenvalue weighted by atomic mass is 10.1. The van der Waals surface area contributed by atoms with E-state index in [0.717, 1.165) is 10.8 Å². The van der Waals surface area contributed by atoms with Gasteiger partial charge in [-0.2, -0.15) is 0 Å². The number of amides is 2. The van der Waals surface area contributed by atoms with Crippen molar-refractivity contribution in [1.82, 2.24) is 0 Å². The first-order valence-corrected chi connectivity index (χ1v) is 5.74. The Morgan fingerprint density at radius 1 is 1.06 bits per heavy atom. The van der Waals surface area contributed by atoms with E-state index in [2.05, 4.69) is 5.32 Å². The van der Waals surface area contributed by atoms with Crippen LogP contribution in [0.15, 0.2) is 42.5 Å². The Balaban J connectivity index is 2.30. The van der Waals surface area contributed by atoms with E-state index in [9.17, 15) is 9.59 Å². The Labute approximate surface area is 102 Å². The van der Waals surface area contributed by atoms with Crippen molar-refractivity contribution in [2.24, 2.45) is 5.73 Å². The minimum Gasteiger partial charge on any atom is -0.360 e. The maximum atomic E-state index is 11.4. The molecule has 0 saturated heterocycles. The highest BCUT2D eigenvalue weighted by atomic mass is 32.2. The average Bonchev–Trinajstić information content (AvgIpc) is 2.28. The minimum atomic E-state index is -0.720. The van der Waals surface area contributed by atoms with E-state index in [-0.39, 0.29) is 0 Å². The highest BCUT2D eigenvalue weighted by Gasteiger charge is 2.08. The fourth-order valence-electron chi connectivity index (χ4n) is 1.56. The van der Waals surface area contributed by atoms with E-state index in [1.165, 1.54) is 0 Å². The molecule has 0 radical (unpaired) electrons. The van der Waals surface area contributed by atoms with E-state index in [1.54, 1.807) is 6.07 Å². The van der Waals surface area contributed by atoms with Crippen molar-refractivity contribution >= 4 is 38.7 Å². The summed E-state index contributed by atoms with van der Waals surface area (Å²) < 4.78 is 0. The zero-order chi connectivity index (χ0) is 12.3. The first kappa shape index (κ1) is 11.5. The monoisotopic (exact) mass is 246 g/mol. The maximum absolute atomic E-state index is 11.4. The quantitative estimate of drug-likeness (QED) is 0.811. The van der Waals surface area contributed by atoms with Gasteiger partial charge in [0.2, 0.25) is 0 Å². The molecule has 2 aromatic carbocycles. The minimum absolute atomic E-state index is 0.447. The lowest BCUT2D eigenvalue weighted by molar-refractivity contribution is 0.265. The van der Waals surface area contributed by atoms with Gasteiger partial charge in [0, 0.05) is 22.8 Å². The summed E-state index contributed by atoms with van der Waals surface area (Å²) in [6.45, 7) is 0.